The van der Waals surface area contributed by atoms with E-state index in [1.807, 2.05) is 6.08 Å². The van der Waals surface area contributed by atoms with Crippen LogP contribution >= 0.6 is 0 Å². The number of amides is 1. The summed E-state index contributed by atoms with van der Waals surface area (Å²) in [6.45, 7) is 1.74. The summed E-state index contributed by atoms with van der Waals surface area (Å²) in [5.74, 6) is -0.281. The van der Waals surface area contributed by atoms with Crippen LogP contribution in [0, 0.1) is 0 Å². The number of hydrogen-bond donors (Lipinski definition) is 12. The number of nitrogens with one attached hydrogen (secondary N) is 1. The summed E-state index contributed by atoms with van der Waals surface area (Å²) in [4.78, 5) is 13.4. The fraction of sp³-hybridized carbons (Fsp3) is 0.924. The van der Waals surface area contributed by atoms with Crippen molar-refractivity contribution in [1.82, 2.24) is 5.32 Å². The highest BCUT2D eigenvalue weighted by Crippen LogP contribution is 2.33. The van der Waals surface area contributed by atoms with Crippen LogP contribution in [0.1, 0.15) is 258 Å². The van der Waals surface area contributed by atoms with Crippen molar-refractivity contribution in [2.24, 2.45) is 0 Å². The Balaban J connectivity index is 1.47. The third kappa shape index (κ3) is 31.7. The Bertz CT molecular complexity index is 1640. The number of carbonyl (C=O) groups excluding carboxylic acids is 1. The molecule has 85 heavy (non-hydrogen) atoms. The molecule has 0 radical (unpaired) electrons. The van der Waals surface area contributed by atoms with Crippen LogP contribution in [0.4, 0.5) is 0 Å². The molecule has 500 valence electrons. The van der Waals surface area contributed by atoms with Gasteiger partial charge in [-0.05, 0) is 32.1 Å². The summed E-state index contributed by atoms with van der Waals surface area (Å²) in [6.07, 6.45) is 27.3. The Labute approximate surface area is 511 Å². The average Bonchev–Trinajstić information content (AvgIpc) is 3.51. The van der Waals surface area contributed by atoms with Crippen LogP contribution in [0.15, 0.2) is 24.3 Å². The first-order valence-electron chi connectivity index (χ1n) is 34.1. The van der Waals surface area contributed by atoms with Crippen LogP contribution in [0.3, 0.4) is 0 Å². The molecule has 17 unspecified atom stereocenters. The molecule has 3 aliphatic heterocycles. The fourth-order valence-electron chi connectivity index (χ4n) is 11.7. The monoisotopic (exact) mass is 1220 g/mol. The van der Waals surface area contributed by atoms with Gasteiger partial charge in [-0.3, -0.25) is 4.79 Å². The summed E-state index contributed by atoms with van der Waals surface area (Å²) >= 11 is 0. The molecule has 0 aliphatic carbocycles. The molecule has 19 heteroatoms. The van der Waals surface area contributed by atoms with Gasteiger partial charge in [0.15, 0.2) is 18.9 Å². The highest BCUT2D eigenvalue weighted by atomic mass is 16.8. The van der Waals surface area contributed by atoms with Crippen molar-refractivity contribution >= 4 is 5.91 Å². The quantitative estimate of drug-likeness (QED) is 0.0201. The molecule has 0 spiro atoms. The van der Waals surface area contributed by atoms with Crippen molar-refractivity contribution in [3.8, 4) is 0 Å². The molecule has 0 aromatic carbocycles. The lowest BCUT2D eigenvalue weighted by Gasteiger charge is -2.48. The van der Waals surface area contributed by atoms with E-state index in [-0.39, 0.29) is 18.9 Å². The second kappa shape index (κ2) is 49.0. The van der Waals surface area contributed by atoms with E-state index in [1.165, 1.54) is 186 Å². The topological polar surface area (TPSA) is 307 Å². The Kier molecular flexibility index (Phi) is 44.7. The third-order valence-corrected chi connectivity index (χ3v) is 17.3. The van der Waals surface area contributed by atoms with Gasteiger partial charge in [-0.25, -0.2) is 0 Å². The number of rotatable bonds is 52. The smallest absolute Gasteiger partial charge is 0.220 e. The van der Waals surface area contributed by atoms with E-state index in [9.17, 15) is 61.0 Å². The third-order valence-electron chi connectivity index (χ3n) is 17.3. The zero-order chi connectivity index (χ0) is 61.9. The van der Waals surface area contributed by atoms with Gasteiger partial charge in [0.1, 0.15) is 73.2 Å². The van der Waals surface area contributed by atoms with Crippen LogP contribution in [0.25, 0.3) is 0 Å². The molecule has 0 aromatic heterocycles. The van der Waals surface area contributed by atoms with E-state index < -0.39 is 124 Å². The van der Waals surface area contributed by atoms with Gasteiger partial charge >= 0.3 is 0 Å². The zero-order valence-electron chi connectivity index (χ0n) is 52.6. The van der Waals surface area contributed by atoms with Gasteiger partial charge in [0, 0.05) is 6.42 Å². The average molecular weight is 1220 g/mol. The van der Waals surface area contributed by atoms with E-state index in [2.05, 4.69) is 31.3 Å². The number of allylic oxidation sites excluding steroid dienone is 3. The van der Waals surface area contributed by atoms with Crippen molar-refractivity contribution in [2.45, 2.75) is 362 Å². The Morgan fingerprint density at radius 2 is 0.753 bits per heavy atom. The molecule has 3 aliphatic rings. The van der Waals surface area contributed by atoms with Gasteiger partial charge in [-0.2, -0.15) is 0 Å². The molecule has 3 rings (SSSR count). The minimum absolute atomic E-state index is 0.240. The molecule has 0 aromatic rings. The molecule has 17 atom stereocenters. The standard InChI is InChI=1S/C66H123NO18/c1-3-5-7-9-11-13-15-17-19-21-23-24-26-27-29-31-33-35-37-39-41-43-50(71)49(67-54(72)44-42-40-38-36-34-32-30-28-25-22-20-18-16-14-12-10-8-6-4-2)48-80-64-60(78)57(75)62(52(46-69)82-64)85-66-61(79)58(76)63(53(47-70)83-66)84-65-59(77)56(74)55(73)51(45-68)81-65/h33,35,41,43,49-53,55-66,68-71,73-79H,3-32,34,36-40,42,44-48H2,1-2H3,(H,67,72)/b35-33+,43-41+. The van der Waals surface area contributed by atoms with Gasteiger partial charge in [0.2, 0.25) is 5.91 Å². The molecule has 12 N–H and O–H groups in total. The van der Waals surface area contributed by atoms with Crippen molar-refractivity contribution < 1.29 is 89.4 Å². The Morgan fingerprint density at radius 1 is 0.412 bits per heavy atom. The maximum absolute atomic E-state index is 13.4. The molecule has 0 bridgehead atoms. The number of carbonyl (C=O) groups is 1. The first-order chi connectivity index (χ1) is 41.3. The van der Waals surface area contributed by atoms with Gasteiger partial charge < -0.3 is 89.9 Å². The summed E-state index contributed by atoms with van der Waals surface area (Å²) < 4.78 is 34.3. The first kappa shape index (κ1) is 77.5. The Hall–Kier alpha value is -1.73. The predicted molar refractivity (Wildman–Crippen MR) is 328 cm³/mol. The van der Waals surface area contributed by atoms with Crippen LogP contribution in [-0.2, 0) is 33.2 Å². The van der Waals surface area contributed by atoms with E-state index in [4.69, 9.17) is 28.4 Å². The second-order valence-corrected chi connectivity index (χ2v) is 24.6. The van der Waals surface area contributed by atoms with Gasteiger partial charge in [0.25, 0.3) is 0 Å². The van der Waals surface area contributed by atoms with E-state index in [0.29, 0.717) is 12.8 Å². The number of unbranched alkanes of at least 4 members (excludes halogenated alkanes) is 34. The summed E-state index contributed by atoms with van der Waals surface area (Å²) in [5.41, 5.74) is 0. The molecular formula is C66H123NO18. The van der Waals surface area contributed by atoms with Gasteiger partial charge in [-0.1, -0.05) is 244 Å². The predicted octanol–water partition coefficient (Wildman–Crippen LogP) is 8.27. The largest absolute Gasteiger partial charge is 0.394 e. The van der Waals surface area contributed by atoms with Gasteiger partial charge in [0.05, 0.1) is 38.6 Å². The van der Waals surface area contributed by atoms with Crippen molar-refractivity contribution in [3.05, 3.63) is 24.3 Å². The fourth-order valence-corrected chi connectivity index (χ4v) is 11.7. The lowest BCUT2D eigenvalue weighted by molar-refractivity contribution is -0.379. The molecule has 3 saturated heterocycles. The highest BCUT2D eigenvalue weighted by molar-refractivity contribution is 5.76. The zero-order valence-corrected chi connectivity index (χ0v) is 52.6. The lowest BCUT2D eigenvalue weighted by Crippen LogP contribution is -2.66. The molecule has 19 nitrogen and oxygen atoms in total. The van der Waals surface area contributed by atoms with E-state index in [1.54, 1.807) is 6.08 Å². The highest BCUT2D eigenvalue weighted by Gasteiger charge is 2.53. The van der Waals surface area contributed by atoms with Gasteiger partial charge in [-0.15, -0.1) is 0 Å². The number of aliphatic hydroxyl groups excluding tert-OH is 11. The van der Waals surface area contributed by atoms with Crippen LogP contribution in [0.5, 0.6) is 0 Å². The van der Waals surface area contributed by atoms with Crippen molar-refractivity contribution in [1.29, 1.82) is 0 Å². The molecule has 3 fully saturated rings. The first-order valence-corrected chi connectivity index (χ1v) is 34.1. The number of hydrogen-bond acceptors (Lipinski definition) is 18. The molecule has 1 amide bonds. The summed E-state index contributed by atoms with van der Waals surface area (Å²) in [6, 6.07) is -0.986. The Morgan fingerprint density at radius 3 is 1.18 bits per heavy atom. The number of ether oxygens (including phenoxy) is 6. The minimum Gasteiger partial charge on any atom is -0.394 e. The summed E-state index contributed by atoms with van der Waals surface area (Å²) in [7, 11) is 0. The minimum atomic E-state index is -1.98. The molecular weight excluding hydrogens is 1090 g/mol. The van der Waals surface area contributed by atoms with Crippen molar-refractivity contribution in [2.75, 3.05) is 26.4 Å². The normalized spacial score (nSPS) is 29.1. The molecule has 0 saturated carbocycles. The SMILES string of the molecule is CCCCCCCCCCCCCCCCC/C=C/CC/C=C/C(O)C(COC1OC(CO)C(OC2OC(CO)C(OC3OC(CO)C(O)C(O)C3O)C(O)C2O)C(O)C1O)NC(=O)CCCCCCCCCCCCCCCCCCCCC. The van der Waals surface area contributed by atoms with Crippen LogP contribution < -0.4 is 5.32 Å². The maximum atomic E-state index is 13.4. The lowest BCUT2D eigenvalue weighted by atomic mass is 9.96. The van der Waals surface area contributed by atoms with Crippen LogP contribution in [-0.4, -0.2) is 193 Å². The summed E-state index contributed by atoms with van der Waals surface area (Å²) in [5, 5.41) is 120. The van der Waals surface area contributed by atoms with E-state index in [0.717, 1.165) is 38.5 Å². The number of aliphatic hydroxyl groups is 11. The second-order valence-electron chi connectivity index (χ2n) is 24.6. The van der Waals surface area contributed by atoms with E-state index >= 15 is 0 Å². The molecule has 3 heterocycles. The van der Waals surface area contributed by atoms with Crippen molar-refractivity contribution in [3.63, 3.8) is 0 Å². The maximum Gasteiger partial charge on any atom is 0.220 e. The van der Waals surface area contributed by atoms with Crippen LogP contribution in [0.2, 0.25) is 0 Å².